The van der Waals surface area contributed by atoms with Crippen molar-refractivity contribution in [3.05, 3.63) is 47.3 Å². The number of carbonyl (C=O) groups excluding carboxylic acids is 1. The molecule has 0 fully saturated rings. The first-order chi connectivity index (χ1) is 15.9. The van der Waals surface area contributed by atoms with Crippen LogP contribution in [-0.2, 0) is 16.0 Å². The van der Waals surface area contributed by atoms with Crippen molar-refractivity contribution in [1.82, 2.24) is 10.1 Å². The van der Waals surface area contributed by atoms with E-state index in [2.05, 4.69) is 16.2 Å². The van der Waals surface area contributed by atoms with Crippen molar-refractivity contribution in [1.29, 1.82) is 5.26 Å². The van der Waals surface area contributed by atoms with Gasteiger partial charge in [0.15, 0.2) is 0 Å². The van der Waals surface area contributed by atoms with Gasteiger partial charge in [0.1, 0.15) is 23.4 Å². The topological polar surface area (TPSA) is 107 Å². The summed E-state index contributed by atoms with van der Waals surface area (Å²) in [6.07, 6.45) is 0.212. The maximum Gasteiger partial charge on any atom is 0.306 e. The molecule has 0 amide bonds. The Morgan fingerprint density at radius 1 is 1.27 bits per heavy atom. The molecule has 172 valence electrons. The van der Waals surface area contributed by atoms with Crippen molar-refractivity contribution in [3.8, 4) is 40.4 Å². The molecule has 0 unspecified atom stereocenters. The zero-order valence-electron chi connectivity index (χ0n) is 18.8. The molecule has 1 aromatic heterocycles. The molecule has 9 heteroatoms. The van der Waals surface area contributed by atoms with Gasteiger partial charge in [-0.3, -0.25) is 4.79 Å². The summed E-state index contributed by atoms with van der Waals surface area (Å²) < 4.78 is 35.8. The zero-order chi connectivity index (χ0) is 24.0. The van der Waals surface area contributed by atoms with Crippen LogP contribution in [0, 0.1) is 17.1 Å². The van der Waals surface area contributed by atoms with E-state index in [0.717, 1.165) is 0 Å². The van der Waals surface area contributed by atoms with Gasteiger partial charge in [-0.15, -0.1) is 0 Å². The van der Waals surface area contributed by atoms with Crippen LogP contribution in [0.5, 0.6) is 11.5 Å². The molecule has 0 saturated carbocycles. The summed E-state index contributed by atoms with van der Waals surface area (Å²) >= 11 is 0. The first kappa shape index (κ1) is 23.7. The van der Waals surface area contributed by atoms with Crippen LogP contribution in [0.3, 0.4) is 0 Å². The number of rotatable bonds is 9. The van der Waals surface area contributed by atoms with Gasteiger partial charge >= 0.3 is 5.97 Å². The summed E-state index contributed by atoms with van der Waals surface area (Å²) in [6.45, 7) is 5.73. The van der Waals surface area contributed by atoms with E-state index in [1.807, 2.05) is 13.8 Å². The van der Waals surface area contributed by atoms with Gasteiger partial charge in [0, 0.05) is 12.0 Å². The Hall–Kier alpha value is -3.93. The summed E-state index contributed by atoms with van der Waals surface area (Å²) in [5.41, 5.74) is 1.60. The van der Waals surface area contributed by atoms with Crippen molar-refractivity contribution >= 4 is 5.97 Å². The van der Waals surface area contributed by atoms with Crippen LogP contribution < -0.4 is 9.47 Å². The predicted molar refractivity (Wildman–Crippen MR) is 117 cm³/mol. The zero-order valence-corrected chi connectivity index (χ0v) is 18.8. The van der Waals surface area contributed by atoms with Crippen molar-refractivity contribution < 1.29 is 27.9 Å². The third-order valence-corrected chi connectivity index (χ3v) is 4.62. The lowest BCUT2D eigenvalue weighted by molar-refractivity contribution is -0.143. The Balaban J connectivity index is 1.94. The largest absolute Gasteiger partial charge is 0.496 e. The van der Waals surface area contributed by atoms with E-state index < -0.39 is 5.82 Å². The van der Waals surface area contributed by atoms with Gasteiger partial charge in [0.05, 0.1) is 30.9 Å². The molecular formula is C24H24FN3O5. The normalized spacial score (nSPS) is 10.7. The molecule has 8 nitrogen and oxygen atoms in total. The average molecular weight is 453 g/mol. The Kier molecular flexibility index (Phi) is 7.61. The molecular weight excluding hydrogens is 429 g/mol. The highest BCUT2D eigenvalue weighted by molar-refractivity contribution is 5.72. The monoisotopic (exact) mass is 453 g/mol. The number of esters is 1. The highest BCUT2D eigenvalue weighted by Crippen LogP contribution is 2.35. The maximum atomic E-state index is 14.4. The fourth-order valence-electron chi connectivity index (χ4n) is 3.27. The molecule has 0 radical (unpaired) electrons. The molecule has 0 aliphatic carbocycles. The minimum atomic E-state index is -0.530. The van der Waals surface area contributed by atoms with Crippen molar-refractivity contribution in [3.63, 3.8) is 0 Å². The van der Waals surface area contributed by atoms with E-state index in [4.69, 9.17) is 18.7 Å². The molecule has 0 N–H and O–H groups in total. The predicted octanol–water partition coefficient (Wildman–Crippen LogP) is 4.71. The van der Waals surface area contributed by atoms with E-state index in [9.17, 15) is 14.4 Å². The number of benzene rings is 2. The summed E-state index contributed by atoms with van der Waals surface area (Å²) in [5, 5.41) is 13.4. The van der Waals surface area contributed by atoms with Gasteiger partial charge in [-0.2, -0.15) is 10.2 Å². The number of hydrogen-bond acceptors (Lipinski definition) is 8. The lowest BCUT2D eigenvalue weighted by atomic mass is 10.0. The van der Waals surface area contributed by atoms with Gasteiger partial charge in [0.25, 0.3) is 5.89 Å². The van der Waals surface area contributed by atoms with Crippen LogP contribution in [0.2, 0.25) is 0 Å². The molecule has 3 rings (SSSR count). The van der Waals surface area contributed by atoms with Crippen LogP contribution >= 0.6 is 0 Å². The maximum absolute atomic E-state index is 14.4. The van der Waals surface area contributed by atoms with E-state index in [1.165, 1.54) is 19.2 Å². The fraction of sp³-hybridized carbons (Fsp3) is 0.333. The number of carbonyl (C=O) groups is 1. The van der Waals surface area contributed by atoms with Crippen LogP contribution in [0.1, 0.15) is 38.3 Å². The van der Waals surface area contributed by atoms with Gasteiger partial charge in [-0.1, -0.05) is 5.16 Å². The number of nitrogens with zero attached hydrogens (tertiary/aromatic N) is 3. The average Bonchev–Trinajstić information content (AvgIpc) is 3.27. The molecule has 1 heterocycles. The molecule has 0 aliphatic rings. The quantitative estimate of drug-likeness (QED) is 0.429. The van der Waals surface area contributed by atoms with Crippen molar-refractivity contribution in [2.24, 2.45) is 0 Å². The summed E-state index contributed by atoms with van der Waals surface area (Å²) in [5.74, 6) is 0.139. The second kappa shape index (κ2) is 10.6. The first-order valence-electron chi connectivity index (χ1n) is 10.4. The van der Waals surface area contributed by atoms with E-state index in [-0.39, 0.29) is 48.8 Å². The number of halogens is 1. The molecule has 0 spiro atoms. The molecule has 0 bridgehead atoms. The summed E-state index contributed by atoms with van der Waals surface area (Å²) in [4.78, 5) is 16.1. The molecule has 0 saturated heterocycles. The van der Waals surface area contributed by atoms with Crippen molar-refractivity contribution in [2.75, 3.05) is 13.7 Å². The second-order valence-electron chi connectivity index (χ2n) is 7.36. The van der Waals surface area contributed by atoms with Crippen LogP contribution in [0.25, 0.3) is 22.8 Å². The molecule has 2 aromatic carbocycles. The van der Waals surface area contributed by atoms with E-state index >= 15 is 0 Å². The van der Waals surface area contributed by atoms with Crippen LogP contribution in [0.15, 0.2) is 34.9 Å². The second-order valence-corrected chi connectivity index (χ2v) is 7.36. The Labute approximate surface area is 190 Å². The lowest BCUT2D eigenvalue weighted by Crippen LogP contribution is -2.06. The SMILES string of the molecule is CCOC(=O)CCc1cc(F)cc(-c2noc(-c3ccc(OC(C)C)c(C#N)c3)n2)c1OC. The number of aryl methyl sites for hydroxylation is 1. The Morgan fingerprint density at radius 3 is 2.73 bits per heavy atom. The lowest BCUT2D eigenvalue weighted by Gasteiger charge is -2.12. The number of hydrogen-bond donors (Lipinski definition) is 0. The van der Waals surface area contributed by atoms with Gasteiger partial charge < -0.3 is 18.7 Å². The molecule has 0 atom stereocenters. The molecule has 3 aromatic rings. The van der Waals surface area contributed by atoms with Crippen molar-refractivity contribution in [2.45, 2.75) is 39.7 Å². The highest BCUT2D eigenvalue weighted by atomic mass is 19.1. The Bertz CT molecular complexity index is 1180. The number of nitriles is 1. The highest BCUT2D eigenvalue weighted by Gasteiger charge is 2.20. The number of aromatic nitrogens is 2. The number of methoxy groups -OCH3 is 1. The molecule has 0 aliphatic heterocycles. The molecule has 33 heavy (non-hydrogen) atoms. The third kappa shape index (κ3) is 5.66. The standard InChI is InChI=1S/C24H24FN3O5/c1-5-31-21(29)9-7-15-11-18(25)12-19(22(15)30-4)23-27-24(33-28-23)16-6-8-20(32-14(2)3)17(10-16)13-26/h6,8,10-12,14H,5,7,9H2,1-4H3. The van der Waals surface area contributed by atoms with E-state index in [1.54, 1.807) is 25.1 Å². The van der Waals surface area contributed by atoms with Gasteiger partial charge in [-0.05, 0) is 63.1 Å². The van der Waals surface area contributed by atoms with Gasteiger partial charge in [-0.25, -0.2) is 4.39 Å². The number of ether oxygens (including phenoxy) is 3. The minimum absolute atomic E-state index is 0.0757. The Morgan fingerprint density at radius 2 is 2.06 bits per heavy atom. The smallest absolute Gasteiger partial charge is 0.306 e. The summed E-state index contributed by atoms with van der Waals surface area (Å²) in [6, 6.07) is 9.58. The first-order valence-corrected chi connectivity index (χ1v) is 10.4. The minimum Gasteiger partial charge on any atom is -0.496 e. The third-order valence-electron chi connectivity index (χ3n) is 4.62. The van der Waals surface area contributed by atoms with Gasteiger partial charge in [0.2, 0.25) is 5.82 Å². The summed E-state index contributed by atoms with van der Waals surface area (Å²) in [7, 11) is 1.44. The van der Waals surface area contributed by atoms with E-state index in [0.29, 0.717) is 28.2 Å². The van der Waals surface area contributed by atoms with Crippen LogP contribution in [0.4, 0.5) is 4.39 Å². The fourth-order valence-corrected chi connectivity index (χ4v) is 3.27. The van der Waals surface area contributed by atoms with Crippen LogP contribution in [-0.4, -0.2) is 35.9 Å².